The van der Waals surface area contributed by atoms with Gasteiger partial charge in [0.05, 0.1) is 5.92 Å². The molecule has 3 nitrogen and oxygen atoms in total. The van der Waals surface area contributed by atoms with Gasteiger partial charge in [0.15, 0.2) is 5.78 Å². The summed E-state index contributed by atoms with van der Waals surface area (Å²) in [4.78, 5) is 24.6. The summed E-state index contributed by atoms with van der Waals surface area (Å²) in [6, 6.07) is 16.4. The van der Waals surface area contributed by atoms with E-state index in [4.69, 9.17) is 4.74 Å². The van der Waals surface area contributed by atoms with Crippen molar-refractivity contribution in [3.05, 3.63) is 71.8 Å². The molecule has 0 atom stereocenters. The first-order valence-corrected chi connectivity index (χ1v) is 8.82. The van der Waals surface area contributed by atoms with Crippen LogP contribution in [-0.2, 0) is 4.79 Å². The molecule has 0 bridgehead atoms. The molecule has 0 N–H and O–H groups in total. The summed E-state index contributed by atoms with van der Waals surface area (Å²) in [6.07, 6.45) is 8.42. The predicted octanol–water partition coefficient (Wildman–Crippen LogP) is 5.07. The normalized spacial score (nSPS) is 15.2. The molecule has 1 saturated carbocycles. The van der Waals surface area contributed by atoms with Crippen molar-refractivity contribution < 1.29 is 14.3 Å². The van der Waals surface area contributed by atoms with Crippen LogP contribution in [0.2, 0.25) is 0 Å². The minimum absolute atomic E-state index is 0.00302. The monoisotopic (exact) mass is 334 g/mol. The third-order valence-electron chi connectivity index (χ3n) is 4.54. The van der Waals surface area contributed by atoms with Crippen LogP contribution in [0.1, 0.15) is 48.0 Å². The zero-order valence-electron chi connectivity index (χ0n) is 14.2. The topological polar surface area (TPSA) is 43.4 Å². The number of ether oxygens (including phenoxy) is 1. The summed E-state index contributed by atoms with van der Waals surface area (Å²) >= 11 is 0. The average molecular weight is 334 g/mol. The van der Waals surface area contributed by atoms with Gasteiger partial charge in [-0.2, -0.15) is 0 Å². The second kappa shape index (κ2) is 8.43. The number of carbonyl (C=O) groups excluding carboxylic acids is 2. The number of carbonyl (C=O) groups is 2. The fourth-order valence-corrected chi connectivity index (χ4v) is 3.11. The number of ketones is 1. The lowest BCUT2D eigenvalue weighted by atomic mass is 9.89. The molecule has 0 unspecified atom stereocenters. The van der Waals surface area contributed by atoms with Gasteiger partial charge >= 0.3 is 5.97 Å². The van der Waals surface area contributed by atoms with E-state index < -0.39 is 0 Å². The van der Waals surface area contributed by atoms with Crippen molar-refractivity contribution in [1.29, 1.82) is 0 Å². The Bertz CT molecular complexity index is 756. The van der Waals surface area contributed by atoms with Crippen LogP contribution in [0, 0.1) is 5.92 Å². The molecule has 128 valence electrons. The number of hydrogen-bond donors (Lipinski definition) is 0. The van der Waals surface area contributed by atoms with Crippen molar-refractivity contribution in [3.63, 3.8) is 0 Å². The Morgan fingerprint density at radius 2 is 1.56 bits per heavy atom. The highest BCUT2D eigenvalue weighted by atomic mass is 16.5. The molecule has 0 spiro atoms. The number of esters is 1. The molecule has 0 saturated heterocycles. The van der Waals surface area contributed by atoms with E-state index in [1.807, 2.05) is 36.4 Å². The van der Waals surface area contributed by atoms with Crippen molar-refractivity contribution in [3.8, 4) is 5.75 Å². The molecular weight excluding hydrogens is 312 g/mol. The van der Waals surface area contributed by atoms with Crippen LogP contribution >= 0.6 is 0 Å². The van der Waals surface area contributed by atoms with Crippen LogP contribution in [0.4, 0.5) is 0 Å². The van der Waals surface area contributed by atoms with Gasteiger partial charge in [-0.1, -0.05) is 67.8 Å². The van der Waals surface area contributed by atoms with Crippen molar-refractivity contribution in [2.45, 2.75) is 32.1 Å². The number of allylic oxidation sites excluding steroid dienone is 1. The highest BCUT2D eigenvalue weighted by Gasteiger charge is 2.23. The van der Waals surface area contributed by atoms with Crippen LogP contribution in [-0.4, -0.2) is 11.8 Å². The fourth-order valence-electron chi connectivity index (χ4n) is 3.11. The Kier molecular flexibility index (Phi) is 5.78. The largest absolute Gasteiger partial charge is 0.426 e. The molecule has 0 aliphatic heterocycles. The highest BCUT2D eigenvalue weighted by Crippen LogP contribution is 2.27. The third-order valence-corrected chi connectivity index (χ3v) is 4.54. The Balaban J connectivity index is 1.71. The third kappa shape index (κ3) is 4.66. The first kappa shape index (κ1) is 17.2. The maximum atomic E-state index is 12.4. The Hall–Kier alpha value is -2.68. The minimum atomic E-state index is -0.157. The quantitative estimate of drug-likeness (QED) is 0.332. The van der Waals surface area contributed by atoms with Gasteiger partial charge in [0.2, 0.25) is 0 Å². The second-order valence-electron chi connectivity index (χ2n) is 6.36. The van der Waals surface area contributed by atoms with Crippen LogP contribution in [0.3, 0.4) is 0 Å². The molecule has 0 heterocycles. The summed E-state index contributed by atoms with van der Waals surface area (Å²) < 4.78 is 5.62. The first-order valence-electron chi connectivity index (χ1n) is 8.82. The fraction of sp³-hybridized carbons (Fsp3) is 0.273. The van der Waals surface area contributed by atoms with E-state index in [2.05, 4.69) is 0 Å². The lowest BCUT2D eigenvalue weighted by Gasteiger charge is -2.20. The van der Waals surface area contributed by atoms with Crippen LogP contribution in [0.5, 0.6) is 5.75 Å². The lowest BCUT2D eigenvalue weighted by Crippen LogP contribution is -2.23. The van der Waals surface area contributed by atoms with E-state index in [-0.39, 0.29) is 17.7 Å². The van der Waals surface area contributed by atoms with Gasteiger partial charge in [-0.25, -0.2) is 0 Å². The van der Waals surface area contributed by atoms with E-state index in [9.17, 15) is 9.59 Å². The zero-order valence-corrected chi connectivity index (χ0v) is 14.2. The van der Waals surface area contributed by atoms with Gasteiger partial charge < -0.3 is 4.74 Å². The number of rotatable bonds is 5. The Morgan fingerprint density at radius 1 is 0.880 bits per heavy atom. The molecule has 0 amide bonds. The van der Waals surface area contributed by atoms with Crippen LogP contribution < -0.4 is 4.74 Å². The van der Waals surface area contributed by atoms with Gasteiger partial charge in [-0.3, -0.25) is 9.59 Å². The summed E-state index contributed by atoms with van der Waals surface area (Å²) in [5.41, 5.74) is 1.37. The number of benzene rings is 2. The Morgan fingerprint density at radius 3 is 2.32 bits per heavy atom. The molecule has 3 rings (SSSR count). The molecule has 1 aliphatic carbocycles. The number of para-hydroxylation sites is 1. The maximum Gasteiger partial charge on any atom is 0.314 e. The molecule has 3 heteroatoms. The van der Waals surface area contributed by atoms with E-state index in [1.54, 1.807) is 24.3 Å². The highest BCUT2D eigenvalue weighted by molar-refractivity contribution is 6.06. The predicted molar refractivity (Wildman–Crippen MR) is 98.5 cm³/mol. The van der Waals surface area contributed by atoms with Gasteiger partial charge in [0.1, 0.15) is 5.75 Å². The van der Waals surface area contributed by atoms with Gasteiger partial charge in [-0.15, -0.1) is 0 Å². The minimum Gasteiger partial charge on any atom is -0.426 e. The molecular formula is C22H22O3. The Labute approximate surface area is 148 Å². The van der Waals surface area contributed by atoms with Crippen molar-refractivity contribution in [2.75, 3.05) is 0 Å². The SMILES string of the molecule is O=C(C=Cc1ccccc1OC(=O)C1CCCCC1)c1ccccc1. The van der Waals surface area contributed by atoms with E-state index >= 15 is 0 Å². The maximum absolute atomic E-state index is 12.4. The average Bonchev–Trinajstić information content (AvgIpc) is 2.68. The smallest absolute Gasteiger partial charge is 0.314 e. The standard InChI is InChI=1S/C22H22O3/c23-20(17-9-3-1-4-10-17)16-15-18-11-7-8-14-21(18)25-22(24)19-12-5-2-6-13-19/h1,3-4,7-11,14-16,19H,2,5-6,12-13H2. The molecule has 0 aromatic heterocycles. The van der Waals surface area contributed by atoms with Gasteiger partial charge in [-0.05, 0) is 31.1 Å². The molecule has 2 aromatic carbocycles. The van der Waals surface area contributed by atoms with Crippen molar-refractivity contribution in [2.24, 2.45) is 5.92 Å². The summed E-state index contributed by atoms with van der Waals surface area (Å²) in [6.45, 7) is 0. The van der Waals surface area contributed by atoms with Crippen molar-refractivity contribution in [1.82, 2.24) is 0 Å². The summed E-state index contributed by atoms with van der Waals surface area (Å²) in [5.74, 6) is 0.274. The van der Waals surface area contributed by atoms with Crippen molar-refractivity contribution >= 4 is 17.8 Å². The molecule has 1 fully saturated rings. The van der Waals surface area contributed by atoms with Crippen LogP contribution in [0.25, 0.3) is 6.08 Å². The van der Waals surface area contributed by atoms with Gasteiger partial charge in [0, 0.05) is 11.1 Å². The first-order chi connectivity index (χ1) is 12.2. The summed E-state index contributed by atoms with van der Waals surface area (Å²) in [7, 11) is 0. The lowest BCUT2D eigenvalue weighted by molar-refractivity contribution is -0.140. The van der Waals surface area contributed by atoms with E-state index in [1.165, 1.54) is 12.5 Å². The summed E-state index contributed by atoms with van der Waals surface area (Å²) in [5, 5.41) is 0. The second-order valence-corrected chi connectivity index (χ2v) is 6.36. The molecule has 2 aromatic rings. The number of hydrogen-bond acceptors (Lipinski definition) is 3. The molecule has 0 radical (unpaired) electrons. The van der Waals surface area contributed by atoms with E-state index in [0.717, 1.165) is 31.2 Å². The van der Waals surface area contributed by atoms with Gasteiger partial charge in [0.25, 0.3) is 0 Å². The van der Waals surface area contributed by atoms with E-state index in [0.29, 0.717) is 11.3 Å². The zero-order chi connectivity index (χ0) is 17.5. The molecule has 1 aliphatic rings. The van der Waals surface area contributed by atoms with Crippen LogP contribution in [0.15, 0.2) is 60.7 Å². The molecule has 25 heavy (non-hydrogen) atoms.